The molecule has 5 nitrogen and oxygen atoms in total. The fourth-order valence-corrected chi connectivity index (χ4v) is 3.62. The van der Waals surface area contributed by atoms with E-state index in [2.05, 4.69) is 10.6 Å². The monoisotopic (exact) mass is 392 g/mol. The summed E-state index contributed by atoms with van der Waals surface area (Å²) in [6, 6.07) is 10.6. The number of carbonyl (C=O) groups is 1. The molecule has 2 aliphatic rings. The first-order valence-electron chi connectivity index (χ1n) is 8.96. The zero-order chi connectivity index (χ0) is 19.7. The molecule has 28 heavy (non-hydrogen) atoms. The van der Waals surface area contributed by atoms with Crippen LogP contribution in [0.1, 0.15) is 22.6 Å². The van der Waals surface area contributed by atoms with Crippen molar-refractivity contribution in [2.24, 2.45) is 5.92 Å². The maximum absolute atomic E-state index is 13.0. The molecular weight excluding hydrogens is 373 g/mol. The minimum Gasteiger partial charge on any atom is -0.454 e. The molecule has 0 bridgehead atoms. The molecule has 2 unspecified atom stereocenters. The summed E-state index contributed by atoms with van der Waals surface area (Å²) in [5.74, 6) is 0.373. The normalized spacial score (nSPS) is 21.0. The first-order chi connectivity index (χ1) is 13.4. The number of alkyl halides is 3. The lowest BCUT2D eigenvalue weighted by atomic mass is 9.87. The molecule has 0 spiro atoms. The maximum atomic E-state index is 13.0. The van der Waals surface area contributed by atoms with Crippen molar-refractivity contribution in [3.63, 3.8) is 0 Å². The first kappa shape index (κ1) is 18.6. The summed E-state index contributed by atoms with van der Waals surface area (Å²) in [6.07, 6.45) is -4.40. The van der Waals surface area contributed by atoms with Gasteiger partial charge in [0.2, 0.25) is 12.7 Å². The molecule has 0 aromatic heterocycles. The van der Waals surface area contributed by atoms with Crippen LogP contribution in [0, 0.1) is 5.92 Å². The van der Waals surface area contributed by atoms with Crippen molar-refractivity contribution >= 4 is 5.91 Å². The molecule has 2 aliphatic heterocycles. The minimum absolute atomic E-state index is 0.178. The summed E-state index contributed by atoms with van der Waals surface area (Å²) >= 11 is 0. The number of ether oxygens (including phenoxy) is 2. The van der Waals surface area contributed by atoms with Crippen molar-refractivity contribution in [1.82, 2.24) is 10.6 Å². The van der Waals surface area contributed by atoms with Crippen LogP contribution >= 0.6 is 0 Å². The van der Waals surface area contributed by atoms with Gasteiger partial charge in [0.05, 0.1) is 11.5 Å². The Morgan fingerprint density at radius 3 is 2.75 bits per heavy atom. The van der Waals surface area contributed by atoms with Crippen LogP contribution in [0.5, 0.6) is 11.5 Å². The first-order valence-corrected chi connectivity index (χ1v) is 8.96. The van der Waals surface area contributed by atoms with E-state index >= 15 is 0 Å². The van der Waals surface area contributed by atoms with Gasteiger partial charge in [0.25, 0.3) is 0 Å². The van der Waals surface area contributed by atoms with Gasteiger partial charge in [-0.3, -0.25) is 4.79 Å². The molecule has 8 heteroatoms. The van der Waals surface area contributed by atoms with Crippen LogP contribution in [-0.4, -0.2) is 25.8 Å². The number of fused-ring (bicyclic) bond motifs is 1. The van der Waals surface area contributed by atoms with E-state index in [1.54, 1.807) is 18.2 Å². The molecule has 2 N–H and O–H groups in total. The second-order valence-corrected chi connectivity index (χ2v) is 6.90. The predicted octanol–water partition coefficient (Wildman–Crippen LogP) is 3.05. The third-order valence-corrected chi connectivity index (χ3v) is 5.10. The number of hydrogen-bond donors (Lipinski definition) is 2. The third-order valence-electron chi connectivity index (χ3n) is 5.10. The van der Waals surface area contributed by atoms with Crippen LogP contribution in [0.2, 0.25) is 0 Å². The average molecular weight is 392 g/mol. The lowest BCUT2D eigenvalue weighted by Gasteiger charge is -2.20. The molecule has 2 heterocycles. The van der Waals surface area contributed by atoms with Gasteiger partial charge in [0, 0.05) is 25.6 Å². The smallest absolute Gasteiger partial charge is 0.416 e. The lowest BCUT2D eigenvalue weighted by molar-refractivity contribution is -0.137. The Hall–Kier alpha value is -2.74. The van der Waals surface area contributed by atoms with Crippen molar-refractivity contribution in [2.75, 3.05) is 19.9 Å². The van der Waals surface area contributed by atoms with Crippen molar-refractivity contribution in [3.8, 4) is 11.5 Å². The molecule has 0 radical (unpaired) electrons. The van der Waals surface area contributed by atoms with E-state index in [0.717, 1.165) is 17.7 Å². The zero-order valence-corrected chi connectivity index (χ0v) is 14.9. The Morgan fingerprint density at radius 1 is 1.11 bits per heavy atom. The topological polar surface area (TPSA) is 59.6 Å². The molecule has 1 amide bonds. The lowest BCUT2D eigenvalue weighted by Crippen LogP contribution is -2.34. The second kappa shape index (κ2) is 7.35. The highest BCUT2D eigenvalue weighted by Gasteiger charge is 2.36. The number of benzene rings is 2. The van der Waals surface area contributed by atoms with E-state index in [4.69, 9.17) is 9.47 Å². The van der Waals surface area contributed by atoms with Crippen LogP contribution in [0.15, 0.2) is 42.5 Å². The predicted molar refractivity (Wildman–Crippen MR) is 95.0 cm³/mol. The maximum Gasteiger partial charge on any atom is 0.416 e. The highest BCUT2D eigenvalue weighted by atomic mass is 19.4. The molecule has 2 atom stereocenters. The van der Waals surface area contributed by atoms with Gasteiger partial charge >= 0.3 is 6.18 Å². The van der Waals surface area contributed by atoms with E-state index in [0.29, 0.717) is 36.7 Å². The Labute approximate surface area is 159 Å². The molecule has 4 rings (SSSR count). The van der Waals surface area contributed by atoms with Gasteiger partial charge < -0.3 is 20.1 Å². The molecule has 0 aliphatic carbocycles. The Morgan fingerprint density at radius 2 is 1.93 bits per heavy atom. The van der Waals surface area contributed by atoms with Gasteiger partial charge in [-0.25, -0.2) is 0 Å². The SMILES string of the molecule is O=C(NCc1ccc2c(c1)OCO2)C1CNCC1c1cccc(C(F)(F)F)c1. The summed E-state index contributed by atoms with van der Waals surface area (Å²) in [7, 11) is 0. The summed E-state index contributed by atoms with van der Waals surface area (Å²) in [5.41, 5.74) is 0.679. The van der Waals surface area contributed by atoms with Crippen LogP contribution in [-0.2, 0) is 17.5 Å². The van der Waals surface area contributed by atoms with Crippen LogP contribution in [0.4, 0.5) is 13.2 Å². The second-order valence-electron chi connectivity index (χ2n) is 6.90. The van der Waals surface area contributed by atoms with Crippen LogP contribution in [0.3, 0.4) is 0 Å². The van der Waals surface area contributed by atoms with Crippen LogP contribution < -0.4 is 20.1 Å². The van der Waals surface area contributed by atoms with Gasteiger partial charge in [-0.05, 0) is 29.3 Å². The largest absolute Gasteiger partial charge is 0.454 e. The molecule has 1 saturated heterocycles. The van der Waals surface area contributed by atoms with Gasteiger partial charge in [0.15, 0.2) is 11.5 Å². The van der Waals surface area contributed by atoms with E-state index < -0.39 is 17.7 Å². The van der Waals surface area contributed by atoms with E-state index in [1.165, 1.54) is 6.07 Å². The van der Waals surface area contributed by atoms with Gasteiger partial charge in [0.1, 0.15) is 0 Å². The molecule has 148 valence electrons. The molecule has 1 fully saturated rings. The third kappa shape index (κ3) is 3.77. The van der Waals surface area contributed by atoms with Crippen LogP contribution in [0.25, 0.3) is 0 Å². The quantitative estimate of drug-likeness (QED) is 0.840. The fourth-order valence-electron chi connectivity index (χ4n) is 3.62. The highest BCUT2D eigenvalue weighted by Crippen LogP contribution is 2.35. The molecule has 0 saturated carbocycles. The number of carbonyl (C=O) groups excluding carboxylic acids is 1. The van der Waals surface area contributed by atoms with Gasteiger partial charge in [-0.15, -0.1) is 0 Å². The standard InChI is InChI=1S/C20H19F3N2O3/c21-20(22,23)14-3-1-2-13(7-14)15-9-24-10-16(15)19(26)25-8-12-4-5-17-18(6-12)28-11-27-17/h1-7,15-16,24H,8-11H2,(H,25,26). The molecule has 2 aromatic rings. The number of nitrogens with one attached hydrogen (secondary N) is 2. The number of amides is 1. The number of halogens is 3. The summed E-state index contributed by atoms with van der Waals surface area (Å²) in [6.45, 7) is 1.37. The molecular formula is C20H19F3N2O3. The zero-order valence-electron chi connectivity index (χ0n) is 14.9. The Balaban J connectivity index is 1.44. The van der Waals surface area contributed by atoms with Crippen molar-refractivity contribution in [3.05, 3.63) is 59.2 Å². The van der Waals surface area contributed by atoms with Gasteiger partial charge in [-0.1, -0.05) is 24.3 Å². The van der Waals surface area contributed by atoms with E-state index in [-0.39, 0.29) is 18.6 Å². The summed E-state index contributed by atoms with van der Waals surface area (Å²) in [4.78, 5) is 12.7. The van der Waals surface area contributed by atoms with Crippen molar-refractivity contribution < 1.29 is 27.4 Å². The number of rotatable bonds is 4. The van der Waals surface area contributed by atoms with Gasteiger partial charge in [-0.2, -0.15) is 13.2 Å². The minimum atomic E-state index is -4.40. The summed E-state index contributed by atoms with van der Waals surface area (Å²) < 4.78 is 49.6. The van der Waals surface area contributed by atoms with E-state index in [9.17, 15) is 18.0 Å². The van der Waals surface area contributed by atoms with E-state index in [1.807, 2.05) is 6.07 Å². The van der Waals surface area contributed by atoms with Crippen molar-refractivity contribution in [2.45, 2.75) is 18.6 Å². The highest BCUT2D eigenvalue weighted by molar-refractivity contribution is 5.80. The Bertz CT molecular complexity index is 885. The summed E-state index contributed by atoms with van der Waals surface area (Å²) in [5, 5.41) is 5.99. The Kier molecular flexibility index (Phi) is 4.89. The fraction of sp³-hybridized carbons (Fsp3) is 0.350. The number of hydrogen-bond acceptors (Lipinski definition) is 4. The molecule has 2 aromatic carbocycles. The van der Waals surface area contributed by atoms with Crippen molar-refractivity contribution in [1.29, 1.82) is 0 Å². The average Bonchev–Trinajstić information content (AvgIpc) is 3.34.